The standard InChI is InChI=1S/C23H31N3OS/c1-2-27-19-9-14-24-23(28)26-17-15-25(16-18-26)22(20-10-5-3-6-11-20)21-12-7-4-8-13-21/h3-8,10-13,22H,2,9,14-19H2,1H3,(H,24,28). The van der Waals surface area contributed by atoms with Gasteiger partial charge in [0.25, 0.3) is 0 Å². The van der Waals surface area contributed by atoms with Crippen LogP contribution in [0, 0.1) is 0 Å². The highest BCUT2D eigenvalue weighted by molar-refractivity contribution is 7.80. The molecular weight excluding hydrogens is 366 g/mol. The van der Waals surface area contributed by atoms with Crippen LogP contribution in [0.15, 0.2) is 60.7 Å². The minimum Gasteiger partial charge on any atom is -0.382 e. The molecule has 5 heteroatoms. The van der Waals surface area contributed by atoms with Crippen LogP contribution < -0.4 is 5.32 Å². The Morgan fingerprint density at radius 3 is 2.07 bits per heavy atom. The van der Waals surface area contributed by atoms with Gasteiger partial charge in [0, 0.05) is 45.9 Å². The molecule has 1 fully saturated rings. The van der Waals surface area contributed by atoms with E-state index in [1.165, 1.54) is 11.1 Å². The minimum absolute atomic E-state index is 0.289. The molecule has 28 heavy (non-hydrogen) atoms. The number of rotatable bonds is 8. The highest BCUT2D eigenvalue weighted by atomic mass is 32.1. The number of nitrogens with zero attached hydrogens (tertiary/aromatic N) is 2. The molecule has 0 aromatic heterocycles. The van der Waals surface area contributed by atoms with Crippen LogP contribution in [0.5, 0.6) is 0 Å². The Bertz CT molecular complexity index is 663. The quantitative estimate of drug-likeness (QED) is 0.542. The SMILES string of the molecule is CCOCCCNC(=S)N1CCN(C(c2ccccc2)c2ccccc2)CC1. The molecule has 3 rings (SSSR count). The average Bonchev–Trinajstić information content (AvgIpc) is 2.76. The monoisotopic (exact) mass is 397 g/mol. The molecule has 0 spiro atoms. The maximum absolute atomic E-state index is 5.60. The fourth-order valence-electron chi connectivity index (χ4n) is 3.69. The van der Waals surface area contributed by atoms with Crippen molar-refractivity contribution in [1.82, 2.24) is 15.1 Å². The fourth-order valence-corrected chi connectivity index (χ4v) is 3.98. The average molecular weight is 398 g/mol. The Morgan fingerprint density at radius 1 is 0.964 bits per heavy atom. The molecular formula is C23H31N3OS. The molecule has 1 aliphatic heterocycles. The van der Waals surface area contributed by atoms with E-state index in [1.807, 2.05) is 6.92 Å². The molecule has 2 aromatic carbocycles. The van der Waals surface area contributed by atoms with E-state index in [2.05, 4.69) is 75.8 Å². The normalized spacial score (nSPS) is 15.0. The van der Waals surface area contributed by atoms with Gasteiger partial charge in [0.15, 0.2) is 5.11 Å². The number of ether oxygens (including phenoxy) is 1. The topological polar surface area (TPSA) is 27.7 Å². The van der Waals surface area contributed by atoms with Crippen molar-refractivity contribution in [3.8, 4) is 0 Å². The Kier molecular flexibility index (Phi) is 8.27. The van der Waals surface area contributed by atoms with E-state index in [9.17, 15) is 0 Å². The van der Waals surface area contributed by atoms with Gasteiger partial charge in [-0.05, 0) is 36.7 Å². The third kappa shape index (κ3) is 5.77. The van der Waals surface area contributed by atoms with E-state index in [0.717, 1.165) is 57.5 Å². The number of hydrogen-bond acceptors (Lipinski definition) is 3. The lowest BCUT2D eigenvalue weighted by Crippen LogP contribution is -2.52. The van der Waals surface area contributed by atoms with Crippen LogP contribution in [0.3, 0.4) is 0 Å². The van der Waals surface area contributed by atoms with E-state index in [0.29, 0.717) is 0 Å². The fraction of sp³-hybridized carbons (Fsp3) is 0.435. The molecule has 0 unspecified atom stereocenters. The molecule has 0 atom stereocenters. The highest BCUT2D eigenvalue weighted by Crippen LogP contribution is 2.29. The second-order valence-corrected chi connectivity index (χ2v) is 7.42. The lowest BCUT2D eigenvalue weighted by molar-refractivity contribution is 0.143. The smallest absolute Gasteiger partial charge is 0.169 e. The zero-order chi connectivity index (χ0) is 19.6. The van der Waals surface area contributed by atoms with Gasteiger partial charge in [0.05, 0.1) is 6.04 Å². The summed E-state index contributed by atoms with van der Waals surface area (Å²) in [4.78, 5) is 4.86. The summed E-state index contributed by atoms with van der Waals surface area (Å²) < 4.78 is 5.38. The van der Waals surface area contributed by atoms with E-state index in [-0.39, 0.29) is 6.04 Å². The molecule has 1 saturated heterocycles. The van der Waals surface area contributed by atoms with Crippen molar-refractivity contribution < 1.29 is 4.74 Å². The number of nitrogens with one attached hydrogen (secondary N) is 1. The predicted octanol–water partition coefficient (Wildman–Crippen LogP) is 3.69. The summed E-state index contributed by atoms with van der Waals surface area (Å²) in [6.07, 6.45) is 0.984. The Balaban J connectivity index is 1.58. The summed E-state index contributed by atoms with van der Waals surface area (Å²) in [6, 6.07) is 21.9. The predicted molar refractivity (Wildman–Crippen MR) is 120 cm³/mol. The zero-order valence-corrected chi connectivity index (χ0v) is 17.5. The molecule has 0 amide bonds. The summed E-state index contributed by atoms with van der Waals surface area (Å²) in [5, 5.41) is 4.25. The largest absolute Gasteiger partial charge is 0.382 e. The van der Waals surface area contributed by atoms with Crippen molar-refractivity contribution in [2.24, 2.45) is 0 Å². The molecule has 0 bridgehead atoms. The summed E-state index contributed by atoms with van der Waals surface area (Å²) in [5.41, 5.74) is 2.69. The van der Waals surface area contributed by atoms with Crippen LogP contribution in [0.1, 0.15) is 30.5 Å². The summed E-state index contributed by atoms with van der Waals surface area (Å²) in [5.74, 6) is 0. The van der Waals surface area contributed by atoms with Gasteiger partial charge in [-0.25, -0.2) is 0 Å². The van der Waals surface area contributed by atoms with Crippen LogP contribution in [0.2, 0.25) is 0 Å². The lowest BCUT2D eigenvalue weighted by atomic mass is 9.96. The number of benzene rings is 2. The van der Waals surface area contributed by atoms with E-state index in [4.69, 9.17) is 17.0 Å². The van der Waals surface area contributed by atoms with Crippen molar-refractivity contribution >= 4 is 17.3 Å². The van der Waals surface area contributed by atoms with Gasteiger partial charge in [-0.2, -0.15) is 0 Å². The lowest BCUT2D eigenvalue weighted by Gasteiger charge is -2.40. The van der Waals surface area contributed by atoms with Gasteiger partial charge in [-0.3, -0.25) is 4.90 Å². The van der Waals surface area contributed by atoms with Crippen LogP contribution in [0.25, 0.3) is 0 Å². The van der Waals surface area contributed by atoms with Crippen LogP contribution in [0.4, 0.5) is 0 Å². The maximum atomic E-state index is 5.60. The second-order valence-electron chi connectivity index (χ2n) is 7.03. The zero-order valence-electron chi connectivity index (χ0n) is 16.7. The third-order valence-electron chi connectivity index (χ3n) is 5.14. The molecule has 150 valence electrons. The van der Waals surface area contributed by atoms with E-state index in [1.54, 1.807) is 0 Å². The van der Waals surface area contributed by atoms with Crippen molar-refractivity contribution in [1.29, 1.82) is 0 Å². The molecule has 2 aromatic rings. The molecule has 1 heterocycles. The first kappa shape index (κ1) is 20.8. The van der Waals surface area contributed by atoms with Crippen molar-refractivity contribution in [3.63, 3.8) is 0 Å². The Morgan fingerprint density at radius 2 is 1.54 bits per heavy atom. The van der Waals surface area contributed by atoms with E-state index >= 15 is 0 Å². The molecule has 0 radical (unpaired) electrons. The summed E-state index contributed by atoms with van der Waals surface area (Å²) >= 11 is 5.60. The number of hydrogen-bond donors (Lipinski definition) is 1. The Labute approximate surface area is 174 Å². The van der Waals surface area contributed by atoms with Gasteiger partial charge in [-0.15, -0.1) is 0 Å². The maximum Gasteiger partial charge on any atom is 0.169 e. The summed E-state index contributed by atoms with van der Waals surface area (Å²) in [6.45, 7) is 8.35. The second kappa shape index (κ2) is 11.1. The van der Waals surface area contributed by atoms with Crippen LogP contribution in [-0.4, -0.2) is 60.8 Å². The first-order valence-corrected chi connectivity index (χ1v) is 10.6. The van der Waals surface area contributed by atoms with Gasteiger partial charge < -0.3 is 15.0 Å². The van der Waals surface area contributed by atoms with Crippen molar-refractivity contribution in [3.05, 3.63) is 71.8 Å². The first-order chi connectivity index (χ1) is 13.8. The molecule has 1 N–H and O–H groups in total. The molecule has 0 saturated carbocycles. The molecule has 4 nitrogen and oxygen atoms in total. The Hall–Kier alpha value is -1.95. The van der Waals surface area contributed by atoms with Gasteiger partial charge in [0.1, 0.15) is 0 Å². The van der Waals surface area contributed by atoms with Gasteiger partial charge >= 0.3 is 0 Å². The number of piperazine rings is 1. The highest BCUT2D eigenvalue weighted by Gasteiger charge is 2.26. The van der Waals surface area contributed by atoms with Crippen molar-refractivity contribution in [2.75, 3.05) is 45.9 Å². The molecule has 1 aliphatic rings. The first-order valence-electron chi connectivity index (χ1n) is 10.2. The van der Waals surface area contributed by atoms with E-state index < -0.39 is 0 Å². The van der Waals surface area contributed by atoms with Crippen molar-refractivity contribution in [2.45, 2.75) is 19.4 Å². The van der Waals surface area contributed by atoms with Crippen LogP contribution in [-0.2, 0) is 4.74 Å². The van der Waals surface area contributed by atoms with Gasteiger partial charge in [0.2, 0.25) is 0 Å². The van der Waals surface area contributed by atoms with Crippen LogP contribution >= 0.6 is 12.2 Å². The van der Waals surface area contributed by atoms with Gasteiger partial charge in [-0.1, -0.05) is 60.7 Å². The molecule has 0 aliphatic carbocycles. The third-order valence-corrected chi connectivity index (χ3v) is 5.55. The minimum atomic E-state index is 0.289. The number of thiocarbonyl (C=S) groups is 1. The summed E-state index contributed by atoms with van der Waals surface area (Å²) in [7, 11) is 0.